The first-order valence-corrected chi connectivity index (χ1v) is 5.82. The molecule has 4 nitrogen and oxygen atoms in total. The number of hydrogen-bond acceptors (Lipinski definition) is 4. The van der Waals surface area contributed by atoms with Gasteiger partial charge in [0.2, 0.25) is 0 Å². The first-order valence-electron chi connectivity index (χ1n) is 5.82. The van der Waals surface area contributed by atoms with Crippen molar-refractivity contribution in [2.75, 3.05) is 0 Å². The Labute approximate surface area is 99.2 Å². The molecule has 2 fully saturated rings. The third-order valence-corrected chi connectivity index (χ3v) is 3.33. The first-order chi connectivity index (χ1) is 8.24. The maximum absolute atomic E-state index is 11.3. The minimum atomic E-state index is -0.780. The Balaban J connectivity index is 1.86. The fourth-order valence-corrected chi connectivity index (χ4v) is 2.51. The lowest BCUT2D eigenvalue weighted by atomic mass is 9.90. The maximum atomic E-state index is 11.3. The Hall–Kier alpha value is -1.39. The molecule has 1 aromatic rings. The van der Waals surface area contributed by atoms with Crippen LogP contribution >= 0.6 is 0 Å². The van der Waals surface area contributed by atoms with E-state index in [4.69, 9.17) is 9.47 Å². The van der Waals surface area contributed by atoms with Crippen LogP contribution in [0.3, 0.4) is 0 Å². The van der Waals surface area contributed by atoms with Gasteiger partial charge in [-0.15, -0.1) is 0 Å². The summed E-state index contributed by atoms with van der Waals surface area (Å²) in [6.45, 7) is 0. The first kappa shape index (κ1) is 10.7. The SMILES string of the molecule is O=C1CC2C[C@H](O1)C(O)C(c1ccccc1)O2. The van der Waals surface area contributed by atoms with Crippen molar-refractivity contribution >= 4 is 5.97 Å². The monoisotopic (exact) mass is 234 g/mol. The Bertz CT molecular complexity index is 417. The van der Waals surface area contributed by atoms with Gasteiger partial charge in [-0.2, -0.15) is 0 Å². The zero-order valence-electron chi connectivity index (χ0n) is 9.28. The van der Waals surface area contributed by atoms with Gasteiger partial charge in [0.25, 0.3) is 0 Å². The average Bonchev–Trinajstić information content (AvgIpc) is 2.34. The van der Waals surface area contributed by atoms with Crippen LogP contribution in [0.25, 0.3) is 0 Å². The number of rotatable bonds is 1. The average molecular weight is 234 g/mol. The van der Waals surface area contributed by atoms with Crippen LogP contribution in [0.5, 0.6) is 0 Å². The summed E-state index contributed by atoms with van der Waals surface area (Å²) in [6, 6.07) is 9.55. The van der Waals surface area contributed by atoms with Gasteiger partial charge in [-0.3, -0.25) is 4.79 Å². The van der Waals surface area contributed by atoms with Crippen molar-refractivity contribution in [1.29, 1.82) is 0 Å². The molecule has 2 bridgehead atoms. The number of hydrogen-bond donors (Lipinski definition) is 1. The van der Waals surface area contributed by atoms with Crippen molar-refractivity contribution < 1.29 is 19.4 Å². The van der Waals surface area contributed by atoms with Gasteiger partial charge in [0, 0.05) is 6.42 Å². The molecule has 2 aliphatic heterocycles. The van der Waals surface area contributed by atoms with Crippen LogP contribution in [0.1, 0.15) is 24.5 Å². The summed E-state index contributed by atoms with van der Waals surface area (Å²) in [5.74, 6) is -0.281. The fourth-order valence-electron chi connectivity index (χ4n) is 2.51. The van der Waals surface area contributed by atoms with E-state index in [9.17, 15) is 9.90 Å². The van der Waals surface area contributed by atoms with E-state index in [2.05, 4.69) is 0 Å². The van der Waals surface area contributed by atoms with Gasteiger partial charge >= 0.3 is 5.97 Å². The van der Waals surface area contributed by atoms with Crippen LogP contribution in [0, 0.1) is 0 Å². The second kappa shape index (κ2) is 4.13. The van der Waals surface area contributed by atoms with Crippen LogP contribution in [0.4, 0.5) is 0 Å². The standard InChI is InChI=1S/C13H14O4/c14-11-7-9-6-10(17-11)12(15)13(16-9)8-4-2-1-3-5-8/h1-5,9-10,12-13,15H,6-7H2/t9?,10-,12?,13?/m0/s1. The molecule has 0 aliphatic carbocycles. The molecule has 2 heterocycles. The highest BCUT2D eigenvalue weighted by atomic mass is 16.6. The van der Waals surface area contributed by atoms with Crippen molar-refractivity contribution in [1.82, 2.24) is 0 Å². The summed E-state index contributed by atoms with van der Waals surface area (Å²) < 4.78 is 10.9. The molecule has 90 valence electrons. The van der Waals surface area contributed by atoms with Gasteiger partial charge in [0.1, 0.15) is 18.3 Å². The topological polar surface area (TPSA) is 55.8 Å². The molecule has 0 spiro atoms. The lowest BCUT2D eigenvalue weighted by Crippen LogP contribution is -2.50. The molecule has 4 heteroatoms. The van der Waals surface area contributed by atoms with Crippen molar-refractivity contribution in [3.8, 4) is 0 Å². The quantitative estimate of drug-likeness (QED) is 0.742. The number of carbonyl (C=O) groups is 1. The van der Waals surface area contributed by atoms with Gasteiger partial charge < -0.3 is 14.6 Å². The molecular formula is C13H14O4. The minimum Gasteiger partial charge on any atom is -0.459 e. The van der Waals surface area contributed by atoms with E-state index in [0.29, 0.717) is 6.42 Å². The van der Waals surface area contributed by atoms with Crippen LogP contribution < -0.4 is 0 Å². The second-order valence-electron chi connectivity index (χ2n) is 4.55. The van der Waals surface area contributed by atoms with Gasteiger partial charge in [-0.05, 0) is 5.56 Å². The van der Waals surface area contributed by atoms with E-state index in [1.54, 1.807) is 0 Å². The van der Waals surface area contributed by atoms with Crippen molar-refractivity contribution in [3.05, 3.63) is 35.9 Å². The van der Waals surface area contributed by atoms with Crippen molar-refractivity contribution in [3.63, 3.8) is 0 Å². The second-order valence-corrected chi connectivity index (χ2v) is 4.55. The smallest absolute Gasteiger partial charge is 0.308 e. The summed E-state index contributed by atoms with van der Waals surface area (Å²) in [5, 5.41) is 10.1. The summed E-state index contributed by atoms with van der Waals surface area (Å²) in [6.07, 6.45) is -0.857. The number of benzene rings is 1. The van der Waals surface area contributed by atoms with E-state index in [1.165, 1.54) is 0 Å². The molecule has 4 atom stereocenters. The predicted octanol–water partition coefficient (Wildman–Crippen LogP) is 1.19. The number of aliphatic hydroxyl groups excluding tert-OH is 1. The lowest BCUT2D eigenvalue weighted by molar-refractivity contribution is -0.218. The molecule has 17 heavy (non-hydrogen) atoms. The summed E-state index contributed by atoms with van der Waals surface area (Å²) in [4.78, 5) is 11.3. The predicted molar refractivity (Wildman–Crippen MR) is 59.2 cm³/mol. The number of carbonyl (C=O) groups excluding carboxylic acids is 1. The van der Waals surface area contributed by atoms with Crippen LogP contribution in [0.2, 0.25) is 0 Å². The summed E-state index contributed by atoms with van der Waals surface area (Å²) in [5.41, 5.74) is 0.924. The molecular weight excluding hydrogens is 220 g/mol. The van der Waals surface area contributed by atoms with Crippen molar-refractivity contribution in [2.24, 2.45) is 0 Å². The molecule has 0 radical (unpaired) electrons. The molecule has 0 aromatic heterocycles. The van der Waals surface area contributed by atoms with Gasteiger partial charge in [-0.25, -0.2) is 0 Å². The Morgan fingerprint density at radius 2 is 2.00 bits per heavy atom. The van der Waals surface area contributed by atoms with E-state index < -0.39 is 18.3 Å². The van der Waals surface area contributed by atoms with Crippen LogP contribution in [-0.4, -0.2) is 29.4 Å². The minimum absolute atomic E-state index is 0.130. The highest BCUT2D eigenvalue weighted by Gasteiger charge is 2.44. The number of ether oxygens (including phenoxy) is 2. The zero-order chi connectivity index (χ0) is 11.8. The summed E-state index contributed by atoms with van der Waals surface area (Å²) >= 11 is 0. The molecule has 1 aromatic carbocycles. The number of aliphatic hydroxyl groups is 1. The molecule has 3 rings (SSSR count). The molecule has 2 aliphatic rings. The number of fused-ring (bicyclic) bond motifs is 2. The Morgan fingerprint density at radius 3 is 2.76 bits per heavy atom. The molecule has 3 unspecified atom stereocenters. The highest BCUT2D eigenvalue weighted by Crippen LogP contribution is 2.37. The molecule has 2 saturated heterocycles. The van der Waals surface area contributed by atoms with Gasteiger partial charge in [0.05, 0.1) is 12.5 Å². The normalized spacial score (nSPS) is 36.4. The van der Waals surface area contributed by atoms with E-state index in [1.807, 2.05) is 30.3 Å². The third kappa shape index (κ3) is 1.94. The van der Waals surface area contributed by atoms with Crippen LogP contribution in [0.15, 0.2) is 30.3 Å². The summed E-state index contributed by atoms with van der Waals surface area (Å²) in [7, 11) is 0. The van der Waals surface area contributed by atoms with Gasteiger partial charge in [0.15, 0.2) is 0 Å². The molecule has 0 amide bonds. The molecule has 0 saturated carbocycles. The zero-order valence-corrected chi connectivity index (χ0v) is 9.28. The highest BCUT2D eigenvalue weighted by molar-refractivity contribution is 5.71. The van der Waals surface area contributed by atoms with Crippen molar-refractivity contribution in [2.45, 2.75) is 37.3 Å². The molecule has 1 N–H and O–H groups in total. The Morgan fingerprint density at radius 1 is 1.24 bits per heavy atom. The fraction of sp³-hybridized carbons (Fsp3) is 0.462. The maximum Gasteiger partial charge on any atom is 0.308 e. The van der Waals surface area contributed by atoms with Crippen LogP contribution in [-0.2, 0) is 14.3 Å². The van der Waals surface area contributed by atoms with E-state index >= 15 is 0 Å². The van der Waals surface area contributed by atoms with E-state index in [-0.39, 0.29) is 18.5 Å². The largest absolute Gasteiger partial charge is 0.459 e. The van der Waals surface area contributed by atoms with Gasteiger partial charge in [-0.1, -0.05) is 30.3 Å². The third-order valence-electron chi connectivity index (χ3n) is 3.33. The lowest BCUT2D eigenvalue weighted by Gasteiger charge is -2.42. The number of esters is 1. The van der Waals surface area contributed by atoms with E-state index in [0.717, 1.165) is 5.56 Å². The Kier molecular flexibility index (Phi) is 2.61.